The molecule has 0 spiro atoms. The van der Waals surface area contributed by atoms with E-state index in [1.807, 2.05) is 33.8 Å². The van der Waals surface area contributed by atoms with Gasteiger partial charge in [0, 0.05) is 11.8 Å². The van der Waals surface area contributed by atoms with E-state index in [-0.39, 0.29) is 5.78 Å². The summed E-state index contributed by atoms with van der Waals surface area (Å²) >= 11 is 0. The zero-order chi connectivity index (χ0) is 13.4. The normalized spacial score (nSPS) is 28.9. The zero-order valence-corrected chi connectivity index (χ0v) is 11.4. The van der Waals surface area contributed by atoms with Crippen LogP contribution in [0.15, 0.2) is 35.5 Å². The maximum absolute atomic E-state index is 11.8. The van der Waals surface area contributed by atoms with E-state index >= 15 is 0 Å². The molecule has 0 aromatic carbocycles. The summed E-state index contributed by atoms with van der Waals surface area (Å²) in [4.78, 5) is 11.8. The summed E-state index contributed by atoms with van der Waals surface area (Å²) in [7, 11) is 0. The Labute approximate surface area is 104 Å². The number of Topliss-reactive ketones (excluding diaryl/α,β-unsaturated/α-hetero) is 1. The molecule has 0 aliphatic heterocycles. The molecule has 0 saturated carbocycles. The second kappa shape index (κ2) is 4.26. The van der Waals surface area contributed by atoms with Crippen LogP contribution in [-0.2, 0) is 4.79 Å². The molecule has 0 unspecified atom stereocenters. The predicted octanol–water partition coefficient (Wildman–Crippen LogP) is 3.19. The van der Waals surface area contributed by atoms with Crippen molar-refractivity contribution in [3.63, 3.8) is 0 Å². The Kier molecular flexibility index (Phi) is 3.49. The number of rotatable bonds is 2. The van der Waals surface area contributed by atoms with Crippen LogP contribution in [0.2, 0.25) is 0 Å². The summed E-state index contributed by atoms with van der Waals surface area (Å²) in [5.41, 5.74) is 0.759. The summed E-state index contributed by atoms with van der Waals surface area (Å²) in [6.07, 6.45) is 3.95. The quantitative estimate of drug-likeness (QED) is 0.745. The first-order valence-electron chi connectivity index (χ1n) is 5.90. The summed E-state index contributed by atoms with van der Waals surface area (Å²) in [6.45, 7) is 13.1. The molecule has 1 aliphatic rings. The van der Waals surface area contributed by atoms with Gasteiger partial charge < -0.3 is 5.11 Å². The standard InChI is InChI=1S/C15H22O2/c1-10(2)7-8-15(17)12(4)11(3)13(16)9-14(15,5)6/h7-8,17H,1,9H2,2-6H3/b8-7+/t15-/m1/s1. The van der Waals surface area contributed by atoms with Crippen molar-refractivity contribution in [2.24, 2.45) is 5.41 Å². The lowest BCUT2D eigenvalue weighted by atomic mass is 9.62. The van der Waals surface area contributed by atoms with Crippen LogP contribution in [0.4, 0.5) is 0 Å². The molecule has 94 valence electrons. The van der Waals surface area contributed by atoms with Gasteiger partial charge in [0.05, 0.1) is 0 Å². The average Bonchev–Trinajstić information content (AvgIpc) is 2.21. The van der Waals surface area contributed by atoms with Gasteiger partial charge in [-0.15, -0.1) is 0 Å². The van der Waals surface area contributed by atoms with Gasteiger partial charge in [-0.25, -0.2) is 0 Å². The molecule has 0 aromatic rings. The summed E-state index contributed by atoms with van der Waals surface area (Å²) in [5.74, 6) is 0.126. The van der Waals surface area contributed by atoms with Gasteiger partial charge in [0.25, 0.3) is 0 Å². The smallest absolute Gasteiger partial charge is 0.159 e. The van der Waals surface area contributed by atoms with Crippen LogP contribution in [0.3, 0.4) is 0 Å². The number of carbonyl (C=O) groups excluding carboxylic acids is 1. The molecule has 2 nitrogen and oxygen atoms in total. The first kappa shape index (κ1) is 13.9. The number of allylic oxidation sites excluding steroid dienone is 3. The molecule has 1 atom stereocenters. The third kappa shape index (κ3) is 2.27. The minimum Gasteiger partial charge on any atom is -0.381 e. The SMILES string of the molecule is C=C(C)/C=C/[C@@]1(O)C(C)=C(C)C(=O)CC1(C)C. The molecular formula is C15H22O2. The second-order valence-corrected chi connectivity index (χ2v) is 5.68. The zero-order valence-electron chi connectivity index (χ0n) is 11.4. The molecule has 0 fully saturated rings. The van der Waals surface area contributed by atoms with Crippen molar-refractivity contribution in [3.05, 3.63) is 35.5 Å². The third-order valence-corrected chi connectivity index (χ3v) is 3.80. The van der Waals surface area contributed by atoms with Crippen LogP contribution < -0.4 is 0 Å². The van der Waals surface area contributed by atoms with E-state index < -0.39 is 11.0 Å². The van der Waals surface area contributed by atoms with Gasteiger partial charge >= 0.3 is 0 Å². The number of aliphatic hydroxyl groups is 1. The minimum atomic E-state index is -1.07. The van der Waals surface area contributed by atoms with Gasteiger partial charge in [-0.1, -0.05) is 32.1 Å². The molecule has 0 heterocycles. The molecule has 0 amide bonds. The van der Waals surface area contributed by atoms with E-state index in [9.17, 15) is 9.90 Å². The molecule has 2 heteroatoms. The van der Waals surface area contributed by atoms with Gasteiger partial charge in [-0.05, 0) is 38.0 Å². The number of hydrogen-bond acceptors (Lipinski definition) is 2. The Bertz CT molecular complexity index is 424. The molecule has 0 bridgehead atoms. The summed E-state index contributed by atoms with van der Waals surface area (Å²) in [6, 6.07) is 0. The molecule has 17 heavy (non-hydrogen) atoms. The summed E-state index contributed by atoms with van der Waals surface area (Å²) < 4.78 is 0. The predicted molar refractivity (Wildman–Crippen MR) is 70.7 cm³/mol. The van der Waals surface area contributed by atoms with E-state index in [1.54, 1.807) is 13.0 Å². The van der Waals surface area contributed by atoms with Gasteiger partial charge in [0.15, 0.2) is 5.78 Å². The minimum absolute atomic E-state index is 0.126. The molecular weight excluding hydrogens is 212 g/mol. The fourth-order valence-electron chi connectivity index (χ4n) is 2.28. The van der Waals surface area contributed by atoms with Crippen LogP contribution in [-0.4, -0.2) is 16.5 Å². The van der Waals surface area contributed by atoms with Crippen molar-refractivity contribution in [3.8, 4) is 0 Å². The number of carbonyl (C=O) groups is 1. The Morgan fingerprint density at radius 2 is 1.94 bits per heavy atom. The van der Waals surface area contributed by atoms with Crippen LogP contribution in [0.1, 0.15) is 41.0 Å². The fraction of sp³-hybridized carbons (Fsp3) is 0.533. The van der Waals surface area contributed by atoms with E-state index in [4.69, 9.17) is 0 Å². The third-order valence-electron chi connectivity index (χ3n) is 3.80. The Hall–Kier alpha value is -1.15. The highest BCUT2D eigenvalue weighted by molar-refractivity contribution is 5.97. The van der Waals surface area contributed by atoms with Crippen LogP contribution >= 0.6 is 0 Å². The van der Waals surface area contributed by atoms with E-state index in [2.05, 4.69) is 6.58 Å². The highest BCUT2D eigenvalue weighted by Gasteiger charge is 2.48. The average molecular weight is 234 g/mol. The van der Waals surface area contributed by atoms with Crippen LogP contribution in [0.5, 0.6) is 0 Å². The number of ketones is 1. The molecule has 0 saturated heterocycles. The maximum atomic E-state index is 11.8. The van der Waals surface area contributed by atoms with Crippen molar-refractivity contribution in [2.75, 3.05) is 0 Å². The first-order chi connectivity index (χ1) is 7.62. The van der Waals surface area contributed by atoms with Crippen molar-refractivity contribution in [1.82, 2.24) is 0 Å². The lowest BCUT2D eigenvalue weighted by molar-refractivity contribution is -0.122. The molecule has 1 aliphatic carbocycles. The molecule has 1 rings (SSSR count). The van der Waals surface area contributed by atoms with Gasteiger partial charge in [0.2, 0.25) is 0 Å². The number of hydrogen-bond donors (Lipinski definition) is 1. The fourth-order valence-corrected chi connectivity index (χ4v) is 2.28. The van der Waals surface area contributed by atoms with Gasteiger partial charge in [-0.3, -0.25) is 4.79 Å². The Morgan fingerprint density at radius 1 is 1.41 bits per heavy atom. The van der Waals surface area contributed by atoms with Gasteiger partial charge in [-0.2, -0.15) is 0 Å². The summed E-state index contributed by atoms with van der Waals surface area (Å²) in [5, 5.41) is 10.9. The van der Waals surface area contributed by atoms with Crippen molar-refractivity contribution in [1.29, 1.82) is 0 Å². The lowest BCUT2D eigenvalue weighted by Crippen LogP contribution is -2.49. The maximum Gasteiger partial charge on any atom is 0.159 e. The van der Waals surface area contributed by atoms with Crippen molar-refractivity contribution in [2.45, 2.75) is 46.6 Å². The van der Waals surface area contributed by atoms with E-state index in [1.165, 1.54) is 0 Å². The molecule has 0 aromatic heterocycles. The van der Waals surface area contributed by atoms with Crippen molar-refractivity contribution < 1.29 is 9.90 Å². The van der Waals surface area contributed by atoms with Crippen LogP contribution in [0, 0.1) is 5.41 Å². The van der Waals surface area contributed by atoms with Crippen molar-refractivity contribution >= 4 is 5.78 Å². The Morgan fingerprint density at radius 3 is 2.41 bits per heavy atom. The highest BCUT2D eigenvalue weighted by atomic mass is 16.3. The van der Waals surface area contributed by atoms with E-state index in [0.29, 0.717) is 12.0 Å². The van der Waals surface area contributed by atoms with E-state index in [0.717, 1.165) is 11.1 Å². The molecule has 0 radical (unpaired) electrons. The highest BCUT2D eigenvalue weighted by Crippen LogP contribution is 2.46. The van der Waals surface area contributed by atoms with Gasteiger partial charge in [0.1, 0.15) is 5.60 Å². The second-order valence-electron chi connectivity index (χ2n) is 5.68. The lowest BCUT2D eigenvalue weighted by Gasteiger charge is -2.45. The topological polar surface area (TPSA) is 37.3 Å². The van der Waals surface area contributed by atoms with Crippen LogP contribution in [0.25, 0.3) is 0 Å². The Balaban J connectivity index is 3.35. The monoisotopic (exact) mass is 234 g/mol. The molecule has 1 N–H and O–H groups in total. The largest absolute Gasteiger partial charge is 0.381 e. The first-order valence-corrected chi connectivity index (χ1v) is 5.90.